The van der Waals surface area contributed by atoms with Crippen LogP contribution in [0.1, 0.15) is 33.6 Å². The summed E-state index contributed by atoms with van der Waals surface area (Å²) < 4.78 is 0. The van der Waals surface area contributed by atoms with Gasteiger partial charge in [0.15, 0.2) is 0 Å². The second-order valence-electron chi connectivity index (χ2n) is 5.04. The quantitative estimate of drug-likeness (QED) is 0.344. The Morgan fingerprint density at radius 1 is 1.21 bits per heavy atom. The van der Waals surface area contributed by atoms with E-state index in [1.165, 1.54) is 0 Å². The lowest BCUT2D eigenvalue weighted by Crippen LogP contribution is -2.17. The molecule has 0 atom stereocenters. The highest BCUT2D eigenvalue weighted by Gasteiger charge is 2.08. The Kier molecular flexibility index (Phi) is 12.3. The van der Waals surface area contributed by atoms with Crippen LogP contribution >= 0.6 is 0 Å². The number of hydrogen-bond donors (Lipinski definition) is 2. The summed E-state index contributed by atoms with van der Waals surface area (Å²) in [5, 5.41) is 12.9. The maximum Gasteiger partial charge on any atom is 0.0998 e. The lowest BCUT2D eigenvalue weighted by atomic mass is 10.0. The smallest absolute Gasteiger partial charge is 0.0998 e. The molecule has 0 saturated carbocycles. The van der Waals surface area contributed by atoms with Crippen molar-refractivity contribution in [2.75, 3.05) is 6.54 Å². The third kappa shape index (κ3) is 8.65. The molecule has 0 radical (unpaired) electrons. The van der Waals surface area contributed by atoms with Crippen molar-refractivity contribution in [1.82, 2.24) is 5.32 Å². The van der Waals surface area contributed by atoms with Crippen LogP contribution in [0, 0.1) is 11.3 Å². The van der Waals surface area contributed by atoms with Gasteiger partial charge in [0.2, 0.25) is 0 Å². The molecule has 0 aliphatic heterocycles. The van der Waals surface area contributed by atoms with Crippen molar-refractivity contribution in [3.63, 3.8) is 0 Å². The zero-order valence-electron chi connectivity index (χ0n) is 15.0. The largest absolute Gasteiger partial charge is 0.399 e. The van der Waals surface area contributed by atoms with Gasteiger partial charge < -0.3 is 11.1 Å². The fraction of sp³-hybridized carbons (Fsp3) is 0.286. The van der Waals surface area contributed by atoms with Crippen LogP contribution in [0.15, 0.2) is 83.8 Å². The number of nitrogens with zero attached hydrogens (tertiary/aromatic N) is 1. The average molecular weight is 323 g/mol. The SMILES string of the molecule is C=C\C=C(NCCCC)/C(=C\C)C(/C#N)=C/C=C/C=C(N)\C=C/C. The van der Waals surface area contributed by atoms with E-state index in [4.69, 9.17) is 5.73 Å². The number of rotatable bonds is 10. The molecule has 0 amide bonds. The van der Waals surface area contributed by atoms with E-state index in [1.54, 1.807) is 18.2 Å². The maximum atomic E-state index is 9.48. The van der Waals surface area contributed by atoms with Gasteiger partial charge in [0.05, 0.1) is 11.6 Å². The van der Waals surface area contributed by atoms with Gasteiger partial charge in [-0.3, -0.25) is 0 Å². The second kappa shape index (κ2) is 13.9. The summed E-state index contributed by atoms with van der Waals surface area (Å²) >= 11 is 0. The Morgan fingerprint density at radius 2 is 1.92 bits per heavy atom. The van der Waals surface area contributed by atoms with Gasteiger partial charge in [0.1, 0.15) is 0 Å². The topological polar surface area (TPSA) is 61.8 Å². The van der Waals surface area contributed by atoms with Crippen LogP contribution in [0.3, 0.4) is 0 Å². The Bertz CT molecular complexity index is 605. The van der Waals surface area contributed by atoms with Crippen LogP contribution in [-0.4, -0.2) is 6.54 Å². The van der Waals surface area contributed by atoms with Gasteiger partial charge in [-0.05, 0) is 44.6 Å². The van der Waals surface area contributed by atoms with Gasteiger partial charge in [-0.25, -0.2) is 0 Å². The van der Waals surface area contributed by atoms with Crippen LogP contribution < -0.4 is 11.1 Å². The number of nitriles is 1. The van der Waals surface area contributed by atoms with Crippen LogP contribution in [0.4, 0.5) is 0 Å². The van der Waals surface area contributed by atoms with Crippen LogP contribution in [-0.2, 0) is 0 Å². The molecule has 24 heavy (non-hydrogen) atoms. The first kappa shape index (κ1) is 21.3. The molecule has 3 nitrogen and oxygen atoms in total. The van der Waals surface area contributed by atoms with E-state index in [0.717, 1.165) is 30.7 Å². The van der Waals surface area contributed by atoms with E-state index in [0.29, 0.717) is 11.3 Å². The lowest BCUT2D eigenvalue weighted by molar-refractivity contribution is 0.715. The maximum absolute atomic E-state index is 9.48. The van der Waals surface area contributed by atoms with Crippen molar-refractivity contribution in [2.45, 2.75) is 33.6 Å². The molecule has 0 aliphatic rings. The summed E-state index contributed by atoms with van der Waals surface area (Å²) in [5.41, 5.74) is 8.80. The summed E-state index contributed by atoms with van der Waals surface area (Å²) in [6.45, 7) is 10.6. The van der Waals surface area contributed by atoms with Gasteiger partial charge in [0.25, 0.3) is 0 Å². The van der Waals surface area contributed by atoms with Crippen molar-refractivity contribution < 1.29 is 0 Å². The average Bonchev–Trinajstić information content (AvgIpc) is 2.57. The number of nitrogens with two attached hydrogens (primary N) is 1. The molecule has 0 aliphatic carbocycles. The molecule has 0 fully saturated rings. The van der Waals surface area contributed by atoms with Gasteiger partial charge in [-0.15, -0.1) is 0 Å². The fourth-order valence-corrected chi connectivity index (χ4v) is 1.97. The normalized spacial score (nSPS) is 14.2. The van der Waals surface area contributed by atoms with Crippen molar-refractivity contribution >= 4 is 0 Å². The zero-order chi connectivity index (χ0) is 18.2. The minimum Gasteiger partial charge on any atom is -0.399 e. The first-order chi connectivity index (χ1) is 11.6. The molecule has 0 aromatic rings. The third-order valence-corrected chi connectivity index (χ3v) is 3.14. The van der Waals surface area contributed by atoms with Gasteiger partial charge in [0, 0.05) is 23.5 Å². The number of hydrogen-bond acceptors (Lipinski definition) is 3. The molecule has 0 rings (SSSR count). The molecule has 128 valence electrons. The van der Waals surface area contributed by atoms with Gasteiger partial charge in [-0.1, -0.05) is 50.3 Å². The molecular weight excluding hydrogens is 294 g/mol. The molecule has 0 spiro atoms. The Morgan fingerprint density at radius 3 is 2.46 bits per heavy atom. The molecule has 3 N–H and O–H groups in total. The first-order valence-corrected chi connectivity index (χ1v) is 8.25. The van der Waals surface area contributed by atoms with Crippen LogP contribution in [0.5, 0.6) is 0 Å². The van der Waals surface area contributed by atoms with E-state index in [-0.39, 0.29) is 0 Å². The van der Waals surface area contributed by atoms with E-state index < -0.39 is 0 Å². The minimum absolute atomic E-state index is 0.587. The summed E-state index contributed by atoms with van der Waals surface area (Å²) in [6.07, 6.45) is 18.6. The minimum atomic E-state index is 0.587. The summed E-state index contributed by atoms with van der Waals surface area (Å²) in [6, 6.07) is 2.26. The van der Waals surface area contributed by atoms with Crippen molar-refractivity contribution in [3.05, 3.63) is 83.8 Å². The highest BCUT2D eigenvalue weighted by atomic mass is 14.9. The Balaban J connectivity index is 5.34. The molecule has 0 aromatic heterocycles. The van der Waals surface area contributed by atoms with Gasteiger partial charge in [-0.2, -0.15) is 5.26 Å². The molecule has 3 heteroatoms. The summed E-state index contributed by atoms with van der Waals surface area (Å²) in [5.74, 6) is 0. The third-order valence-electron chi connectivity index (χ3n) is 3.14. The molecule has 0 heterocycles. The molecule has 0 unspecified atom stereocenters. The summed E-state index contributed by atoms with van der Waals surface area (Å²) in [4.78, 5) is 0. The van der Waals surface area contributed by atoms with E-state index in [9.17, 15) is 5.26 Å². The van der Waals surface area contributed by atoms with E-state index >= 15 is 0 Å². The predicted octanol–water partition coefficient (Wildman–Crippen LogP) is 4.82. The van der Waals surface area contributed by atoms with Crippen LogP contribution in [0.2, 0.25) is 0 Å². The number of unbranched alkanes of at least 4 members (excludes halogenated alkanes) is 1. The molecule has 0 bridgehead atoms. The number of allylic oxidation sites excluding steroid dienone is 10. The fourth-order valence-electron chi connectivity index (χ4n) is 1.97. The lowest BCUT2D eigenvalue weighted by Gasteiger charge is -2.13. The van der Waals surface area contributed by atoms with E-state index in [2.05, 4.69) is 24.9 Å². The number of nitrogens with one attached hydrogen (secondary N) is 1. The highest BCUT2D eigenvalue weighted by Crippen LogP contribution is 2.18. The van der Waals surface area contributed by atoms with Crippen molar-refractivity contribution in [2.24, 2.45) is 5.73 Å². The molecule has 0 aromatic carbocycles. The second-order valence-corrected chi connectivity index (χ2v) is 5.04. The highest BCUT2D eigenvalue weighted by molar-refractivity contribution is 5.54. The van der Waals surface area contributed by atoms with Crippen molar-refractivity contribution in [3.8, 4) is 6.07 Å². The first-order valence-electron chi connectivity index (χ1n) is 8.25. The predicted molar refractivity (Wildman–Crippen MR) is 105 cm³/mol. The zero-order valence-corrected chi connectivity index (χ0v) is 15.0. The summed E-state index contributed by atoms with van der Waals surface area (Å²) in [7, 11) is 0. The molecule has 0 saturated heterocycles. The van der Waals surface area contributed by atoms with Crippen LogP contribution in [0.25, 0.3) is 0 Å². The standard InChI is InChI=1S/C21H29N3/c1-5-9-16-24-21(13-7-3)20(8-4)18(17-22)14-10-11-15-19(23)12-6-2/h6-8,10-15,24H,3,5,9,16,23H2,1-2,4H3/b11-10+,12-6-,18-14+,19-15+,20-8-,21-13+. The van der Waals surface area contributed by atoms with Crippen molar-refractivity contribution in [1.29, 1.82) is 5.26 Å². The van der Waals surface area contributed by atoms with Gasteiger partial charge >= 0.3 is 0 Å². The Hall–Kier alpha value is -2.73. The molecular formula is C21H29N3. The Labute approximate surface area is 146 Å². The van der Waals surface area contributed by atoms with E-state index in [1.807, 2.05) is 50.3 Å². The monoisotopic (exact) mass is 323 g/mol.